The van der Waals surface area contributed by atoms with E-state index in [4.69, 9.17) is 14.6 Å². The molecule has 0 aliphatic carbocycles. The first kappa shape index (κ1) is 14.7. The van der Waals surface area contributed by atoms with Crippen LogP contribution in [0.3, 0.4) is 0 Å². The van der Waals surface area contributed by atoms with Gasteiger partial charge in [-0.3, -0.25) is 0 Å². The van der Waals surface area contributed by atoms with Crippen LogP contribution in [0, 0.1) is 0 Å². The first-order valence-electron chi connectivity index (χ1n) is 5.68. The Kier molecular flexibility index (Phi) is 5.22. The molecular formula is C11H20BrNO4. The number of nitrogens with zero attached hydrogens (tertiary/aromatic N) is 1. The number of amides is 1. The highest BCUT2D eigenvalue weighted by atomic mass is 79.9. The predicted octanol–water partition coefficient (Wildman–Crippen LogP) is 1.38. The SMILES string of the molecule is CC(C)(C)OC(=O)N1C[C@H](Br)[C@H](OCCO)C1. The van der Waals surface area contributed by atoms with Crippen molar-refractivity contribution in [2.24, 2.45) is 0 Å². The lowest BCUT2D eigenvalue weighted by molar-refractivity contribution is 0.0163. The first-order valence-corrected chi connectivity index (χ1v) is 6.59. The van der Waals surface area contributed by atoms with Crippen LogP contribution < -0.4 is 0 Å². The third-order valence-corrected chi connectivity index (χ3v) is 3.15. The Labute approximate surface area is 110 Å². The molecule has 6 heteroatoms. The van der Waals surface area contributed by atoms with Crippen molar-refractivity contribution in [1.82, 2.24) is 4.90 Å². The van der Waals surface area contributed by atoms with Crippen LogP contribution in [0.15, 0.2) is 0 Å². The Balaban J connectivity index is 2.45. The Morgan fingerprint density at radius 3 is 2.65 bits per heavy atom. The topological polar surface area (TPSA) is 59.0 Å². The summed E-state index contributed by atoms with van der Waals surface area (Å²) < 4.78 is 10.7. The molecule has 0 aromatic heterocycles. The summed E-state index contributed by atoms with van der Waals surface area (Å²) >= 11 is 3.47. The van der Waals surface area contributed by atoms with Gasteiger partial charge in [-0.25, -0.2) is 4.79 Å². The minimum Gasteiger partial charge on any atom is -0.444 e. The summed E-state index contributed by atoms with van der Waals surface area (Å²) in [6.45, 7) is 6.85. The Hall–Kier alpha value is -0.330. The molecule has 5 nitrogen and oxygen atoms in total. The van der Waals surface area contributed by atoms with Crippen molar-refractivity contribution in [2.45, 2.75) is 37.3 Å². The number of rotatable bonds is 3. The molecular weight excluding hydrogens is 290 g/mol. The number of aliphatic hydroxyl groups is 1. The molecule has 0 aromatic rings. The molecule has 0 radical (unpaired) electrons. The molecule has 2 atom stereocenters. The number of likely N-dealkylation sites (tertiary alicyclic amines) is 1. The van der Waals surface area contributed by atoms with Gasteiger partial charge in [0.25, 0.3) is 0 Å². The zero-order valence-electron chi connectivity index (χ0n) is 10.5. The van der Waals surface area contributed by atoms with Crippen LogP contribution in [0.4, 0.5) is 4.79 Å². The van der Waals surface area contributed by atoms with Crippen molar-refractivity contribution < 1.29 is 19.4 Å². The van der Waals surface area contributed by atoms with Crippen LogP contribution in [-0.4, -0.2) is 58.9 Å². The third kappa shape index (κ3) is 4.81. The molecule has 100 valence electrons. The van der Waals surface area contributed by atoms with E-state index >= 15 is 0 Å². The highest BCUT2D eigenvalue weighted by Gasteiger charge is 2.36. The van der Waals surface area contributed by atoms with Crippen molar-refractivity contribution in [3.05, 3.63) is 0 Å². The largest absolute Gasteiger partial charge is 0.444 e. The van der Waals surface area contributed by atoms with E-state index in [1.807, 2.05) is 20.8 Å². The van der Waals surface area contributed by atoms with Gasteiger partial charge in [-0.2, -0.15) is 0 Å². The van der Waals surface area contributed by atoms with E-state index in [1.54, 1.807) is 4.90 Å². The highest BCUT2D eigenvalue weighted by molar-refractivity contribution is 9.09. The summed E-state index contributed by atoms with van der Waals surface area (Å²) in [5, 5.41) is 8.70. The maximum absolute atomic E-state index is 11.8. The molecule has 0 unspecified atom stereocenters. The minimum absolute atomic E-state index is 0.0113. The maximum atomic E-state index is 11.8. The number of carbonyl (C=O) groups is 1. The number of hydrogen-bond acceptors (Lipinski definition) is 4. The molecule has 1 N–H and O–H groups in total. The van der Waals surface area contributed by atoms with Gasteiger partial charge < -0.3 is 19.5 Å². The standard InChI is InChI=1S/C11H20BrNO4/c1-11(2,3)17-10(15)13-6-8(12)9(7-13)16-5-4-14/h8-9,14H,4-7H2,1-3H3/t8-,9+/m0/s1. The molecule has 0 spiro atoms. The molecule has 1 fully saturated rings. The maximum Gasteiger partial charge on any atom is 0.410 e. The van der Waals surface area contributed by atoms with Gasteiger partial charge in [0.05, 0.1) is 30.7 Å². The van der Waals surface area contributed by atoms with Gasteiger partial charge in [0.1, 0.15) is 5.60 Å². The number of carbonyl (C=O) groups excluding carboxylic acids is 1. The fourth-order valence-corrected chi connectivity index (χ4v) is 2.24. The van der Waals surface area contributed by atoms with Crippen molar-refractivity contribution in [1.29, 1.82) is 0 Å². The monoisotopic (exact) mass is 309 g/mol. The lowest BCUT2D eigenvalue weighted by Crippen LogP contribution is -2.36. The summed E-state index contributed by atoms with van der Waals surface area (Å²) in [4.78, 5) is 13.5. The van der Waals surface area contributed by atoms with Crippen LogP contribution in [0.1, 0.15) is 20.8 Å². The Morgan fingerprint density at radius 2 is 2.12 bits per heavy atom. The van der Waals surface area contributed by atoms with E-state index in [2.05, 4.69) is 15.9 Å². The summed E-state index contributed by atoms with van der Waals surface area (Å²) in [5.41, 5.74) is -0.483. The van der Waals surface area contributed by atoms with Crippen molar-refractivity contribution in [3.8, 4) is 0 Å². The lowest BCUT2D eigenvalue weighted by atomic mass is 10.2. The van der Waals surface area contributed by atoms with Gasteiger partial charge in [0.15, 0.2) is 0 Å². The fraction of sp³-hybridized carbons (Fsp3) is 0.909. The van der Waals surface area contributed by atoms with Gasteiger partial charge in [0.2, 0.25) is 0 Å². The van der Waals surface area contributed by atoms with E-state index in [9.17, 15) is 4.79 Å². The van der Waals surface area contributed by atoms with Crippen molar-refractivity contribution in [2.75, 3.05) is 26.3 Å². The smallest absolute Gasteiger partial charge is 0.410 e. The normalized spacial score (nSPS) is 25.1. The molecule has 1 saturated heterocycles. The summed E-state index contributed by atoms with van der Waals surface area (Å²) in [5.74, 6) is 0. The van der Waals surface area contributed by atoms with E-state index in [0.717, 1.165) is 0 Å². The van der Waals surface area contributed by atoms with E-state index < -0.39 is 5.60 Å². The van der Waals surface area contributed by atoms with Crippen LogP contribution in [0.5, 0.6) is 0 Å². The number of hydrogen-bond donors (Lipinski definition) is 1. The van der Waals surface area contributed by atoms with Crippen LogP contribution in [0.2, 0.25) is 0 Å². The van der Waals surface area contributed by atoms with E-state index in [0.29, 0.717) is 13.1 Å². The zero-order chi connectivity index (χ0) is 13.1. The summed E-state index contributed by atoms with van der Waals surface area (Å²) in [6, 6.07) is 0. The Morgan fingerprint density at radius 1 is 1.47 bits per heavy atom. The highest BCUT2D eigenvalue weighted by Crippen LogP contribution is 2.22. The number of aliphatic hydroxyl groups excluding tert-OH is 1. The van der Waals surface area contributed by atoms with Crippen LogP contribution >= 0.6 is 15.9 Å². The second-order valence-corrected chi connectivity index (χ2v) is 6.21. The molecule has 1 amide bonds. The number of alkyl halides is 1. The van der Waals surface area contributed by atoms with Crippen LogP contribution in [0.25, 0.3) is 0 Å². The van der Waals surface area contributed by atoms with Crippen molar-refractivity contribution >= 4 is 22.0 Å². The minimum atomic E-state index is -0.483. The molecule has 0 aromatic carbocycles. The second-order valence-electron chi connectivity index (χ2n) is 5.03. The Bertz CT molecular complexity index is 267. The third-order valence-electron chi connectivity index (χ3n) is 2.27. The van der Waals surface area contributed by atoms with Gasteiger partial charge >= 0.3 is 6.09 Å². The first-order chi connectivity index (χ1) is 7.83. The predicted molar refractivity (Wildman–Crippen MR) is 67.3 cm³/mol. The van der Waals surface area contributed by atoms with Crippen molar-refractivity contribution in [3.63, 3.8) is 0 Å². The second kappa shape index (κ2) is 6.02. The van der Waals surface area contributed by atoms with E-state index in [-0.39, 0.29) is 30.2 Å². The van der Waals surface area contributed by atoms with E-state index in [1.165, 1.54) is 0 Å². The van der Waals surface area contributed by atoms with Gasteiger partial charge in [0, 0.05) is 6.54 Å². The molecule has 1 aliphatic rings. The lowest BCUT2D eigenvalue weighted by Gasteiger charge is -2.24. The van der Waals surface area contributed by atoms with Gasteiger partial charge in [-0.1, -0.05) is 15.9 Å². The fourth-order valence-electron chi connectivity index (χ4n) is 1.57. The molecule has 1 aliphatic heterocycles. The molecule has 0 bridgehead atoms. The quantitative estimate of drug-likeness (QED) is 0.800. The molecule has 0 saturated carbocycles. The van der Waals surface area contributed by atoms with Crippen LogP contribution in [-0.2, 0) is 9.47 Å². The molecule has 1 heterocycles. The zero-order valence-corrected chi connectivity index (χ0v) is 12.1. The average molecular weight is 310 g/mol. The number of ether oxygens (including phenoxy) is 2. The average Bonchev–Trinajstić information content (AvgIpc) is 2.54. The number of halogens is 1. The van der Waals surface area contributed by atoms with Gasteiger partial charge in [-0.05, 0) is 20.8 Å². The van der Waals surface area contributed by atoms with Gasteiger partial charge in [-0.15, -0.1) is 0 Å². The summed E-state index contributed by atoms with van der Waals surface area (Å²) in [6.07, 6.45) is -0.410. The summed E-state index contributed by atoms with van der Waals surface area (Å²) in [7, 11) is 0. The molecule has 1 rings (SSSR count). The molecule has 17 heavy (non-hydrogen) atoms.